The van der Waals surface area contributed by atoms with Crippen molar-refractivity contribution in [3.8, 4) is 17.2 Å². The summed E-state index contributed by atoms with van der Waals surface area (Å²) in [5, 5.41) is 11.8. The number of carbonyl (C=O) groups excluding carboxylic acids is 3. The summed E-state index contributed by atoms with van der Waals surface area (Å²) in [7, 11) is 1.50. The van der Waals surface area contributed by atoms with Crippen molar-refractivity contribution >= 4 is 23.7 Å². The Labute approximate surface area is 227 Å². The number of carbonyl (C=O) groups is 4. The maximum Gasteiger partial charge on any atom is 0.308 e. The van der Waals surface area contributed by atoms with Crippen LogP contribution in [0.4, 0.5) is 0 Å². The highest BCUT2D eigenvalue weighted by molar-refractivity contribution is 6.01. The standard InChI is InChI=1S/C27H37N3O9/c1-4-9-30(39-11-5-2)24(33)15-28-14-18(17-12-20(36-3)26-21(13-17)37-16-38-26)25(27(34)35)19(28)8-10-29-22(31)6-7-23(29)32/h12-13,18-19,25H,4-11,14-16H2,1-3H3,(H,34,35)/t18-,19+,25?/m1/s1. The van der Waals surface area contributed by atoms with Crippen molar-refractivity contribution in [1.29, 1.82) is 0 Å². The van der Waals surface area contributed by atoms with Crippen LogP contribution in [0.2, 0.25) is 0 Å². The first kappa shape index (κ1) is 28.6. The molecular weight excluding hydrogens is 510 g/mol. The van der Waals surface area contributed by atoms with Crippen LogP contribution < -0.4 is 14.2 Å². The van der Waals surface area contributed by atoms with Crippen LogP contribution in [0.5, 0.6) is 17.2 Å². The summed E-state index contributed by atoms with van der Waals surface area (Å²) >= 11 is 0. The largest absolute Gasteiger partial charge is 0.493 e. The molecule has 3 aliphatic rings. The molecule has 1 aromatic rings. The summed E-state index contributed by atoms with van der Waals surface area (Å²) < 4.78 is 16.5. The van der Waals surface area contributed by atoms with Gasteiger partial charge in [-0.15, -0.1) is 0 Å². The third-order valence-electron chi connectivity index (χ3n) is 7.44. The number of ether oxygens (including phenoxy) is 3. The van der Waals surface area contributed by atoms with Crippen LogP contribution in [-0.4, -0.2) is 96.4 Å². The molecule has 0 bridgehead atoms. The zero-order valence-electron chi connectivity index (χ0n) is 22.7. The molecule has 1 unspecified atom stereocenters. The summed E-state index contributed by atoms with van der Waals surface area (Å²) in [6.07, 6.45) is 1.99. The predicted molar refractivity (Wildman–Crippen MR) is 137 cm³/mol. The van der Waals surface area contributed by atoms with Gasteiger partial charge in [0.2, 0.25) is 24.4 Å². The third-order valence-corrected chi connectivity index (χ3v) is 7.44. The monoisotopic (exact) mass is 547 g/mol. The van der Waals surface area contributed by atoms with Crippen molar-refractivity contribution < 1.29 is 43.3 Å². The highest BCUT2D eigenvalue weighted by Crippen LogP contribution is 2.47. The third kappa shape index (κ3) is 6.11. The van der Waals surface area contributed by atoms with Gasteiger partial charge in [0.25, 0.3) is 5.91 Å². The van der Waals surface area contributed by atoms with Crippen molar-refractivity contribution in [1.82, 2.24) is 14.9 Å². The Morgan fingerprint density at radius 2 is 1.87 bits per heavy atom. The second kappa shape index (κ2) is 12.6. The van der Waals surface area contributed by atoms with Crippen LogP contribution in [0, 0.1) is 5.92 Å². The molecule has 0 aliphatic carbocycles. The zero-order valence-corrected chi connectivity index (χ0v) is 22.7. The molecule has 2 fully saturated rings. The first-order valence-corrected chi connectivity index (χ1v) is 13.5. The van der Waals surface area contributed by atoms with Crippen molar-refractivity contribution in [3.05, 3.63) is 17.7 Å². The zero-order chi connectivity index (χ0) is 28.1. The highest BCUT2D eigenvalue weighted by Gasteiger charge is 2.48. The number of likely N-dealkylation sites (tertiary alicyclic amines) is 2. The van der Waals surface area contributed by atoms with Gasteiger partial charge in [-0.05, 0) is 37.0 Å². The Balaban J connectivity index is 1.64. The number of hydrogen-bond donors (Lipinski definition) is 1. The number of aliphatic carboxylic acids is 1. The van der Waals surface area contributed by atoms with Gasteiger partial charge in [-0.1, -0.05) is 13.8 Å². The molecule has 1 N–H and O–H groups in total. The van der Waals surface area contributed by atoms with Crippen LogP contribution in [0.15, 0.2) is 12.1 Å². The lowest BCUT2D eigenvalue weighted by molar-refractivity contribution is -0.188. The Morgan fingerprint density at radius 1 is 1.13 bits per heavy atom. The maximum absolute atomic E-state index is 13.3. The molecule has 0 aromatic heterocycles. The van der Waals surface area contributed by atoms with E-state index in [0.29, 0.717) is 42.4 Å². The quantitative estimate of drug-likeness (QED) is 0.289. The van der Waals surface area contributed by atoms with E-state index < -0.39 is 23.8 Å². The summed E-state index contributed by atoms with van der Waals surface area (Å²) in [6, 6.07) is 2.90. The van der Waals surface area contributed by atoms with Crippen molar-refractivity contribution in [3.63, 3.8) is 0 Å². The molecular formula is C27H37N3O9. The van der Waals surface area contributed by atoms with E-state index in [-0.39, 0.29) is 63.4 Å². The summed E-state index contributed by atoms with van der Waals surface area (Å²) in [5.41, 5.74) is 0.685. The van der Waals surface area contributed by atoms with Crippen molar-refractivity contribution in [2.75, 3.05) is 46.7 Å². The first-order valence-electron chi connectivity index (χ1n) is 13.5. The van der Waals surface area contributed by atoms with Gasteiger partial charge < -0.3 is 19.3 Å². The Kier molecular flexibility index (Phi) is 9.28. The molecule has 3 amide bonds. The fourth-order valence-corrected chi connectivity index (χ4v) is 5.61. The SMILES string of the molecule is CCCON(CCC)C(=O)CN1C[C@H](c2cc(OC)c3c(c2)OCO3)C(C(=O)O)[C@@H]1CCN1C(=O)CCC1=O. The Hall–Kier alpha value is -3.38. The number of hydroxylamine groups is 2. The molecule has 3 heterocycles. The van der Waals surface area contributed by atoms with Gasteiger partial charge in [-0.25, -0.2) is 5.06 Å². The van der Waals surface area contributed by atoms with Crippen LogP contribution in [0.3, 0.4) is 0 Å². The lowest BCUT2D eigenvalue weighted by Crippen LogP contribution is -2.45. The topological polar surface area (TPSA) is 135 Å². The van der Waals surface area contributed by atoms with E-state index in [1.807, 2.05) is 18.7 Å². The van der Waals surface area contributed by atoms with Gasteiger partial charge in [0.15, 0.2) is 11.5 Å². The molecule has 0 radical (unpaired) electrons. The molecule has 0 saturated carbocycles. The lowest BCUT2D eigenvalue weighted by Gasteiger charge is -2.30. The van der Waals surface area contributed by atoms with E-state index >= 15 is 0 Å². The molecule has 3 aliphatic heterocycles. The average Bonchev–Trinajstić information content (AvgIpc) is 3.62. The van der Waals surface area contributed by atoms with E-state index in [0.717, 1.165) is 6.42 Å². The fourth-order valence-electron chi connectivity index (χ4n) is 5.61. The summed E-state index contributed by atoms with van der Waals surface area (Å²) in [5.74, 6) is -1.86. The number of hydrogen-bond acceptors (Lipinski definition) is 9. The molecule has 12 nitrogen and oxygen atoms in total. The number of imide groups is 1. The number of rotatable bonds is 13. The molecule has 3 atom stereocenters. The summed E-state index contributed by atoms with van der Waals surface area (Å²) in [6.45, 7) is 5.05. The van der Waals surface area contributed by atoms with E-state index in [9.17, 15) is 24.3 Å². The fraction of sp³-hybridized carbons (Fsp3) is 0.630. The van der Waals surface area contributed by atoms with Gasteiger partial charge in [0.1, 0.15) is 0 Å². The van der Waals surface area contributed by atoms with E-state index in [1.165, 1.54) is 17.1 Å². The number of fused-ring (bicyclic) bond motifs is 1. The minimum Gasteiger partial charge on any atom is -0.493 e. The number of carboxylic acid groups (broad SMARTS) is 1. The number of benzene rings is 1. The van der Waals surface area contributed by atoms with Crippen LogP contribution in [0.25, 0.3) is 0 Å². The van der Waals surface area contributed by atoms with E-state index in [4.69, 9.17) is 19.0 Å². The molecule has 1 aromatic carbocycles. The smallest absolute Gasteiger partial charge is 0.308 e. The molecule has 2 saturated heterocycles. The molecule has 39 heavy (non-hydrogen) atoms. The normalized spacial score (nSPS) is 22.5. The minimum atomic E-state index is -1.02. The number of amides is 3. The maximum atomic E-state index is 13.3. The second-order valence-electron chi connectivity index (χ2n) is 9.98. The van der Waals surface area contributed by atoms with Gasteiger partial charge in [-0.3, -0.25) is 33.8 Å². The number of carboxylic acids is 1. The van der Waals surface area contributed by atoms with E-state index in [2.05, 4.69) is 0 Å². The number of nitrogens with zero attached hydrogens (tertiary/aromatic N) is 3. The van der Waals surface area contributed by atoms with Crippen LogP contribution in [-0.2, 0) is 24.0 Å². The molecule has 4 rings (SSSR count). The number of methoxy groups -OCH3 is 1. The highest BCUT2D eigenvalue weighted by atomic mass is 16.7. The van der Waals surface area contributed by atoms with Gasteiger partial charge in [-0.2, -0.15) is 0 Å². The summed E-state index contributed by atoms with van der Waals surface area (Å²) in [4.78, 5) is 59.3. The van der Waals surface area contributed by atoms with Crippen molar-refractivity contribution in [2.45, 2.75) is 57.9 Å². The molecule has 12 heteroatoms. The minimum absolute atomic E-state index is 0.0361. The Morgan fingerprint density at radius 3 is 2.51 bits per heavy atom. The van der Waals surface area contributed by atoms with Gasteiger partial charge in [0.05, 0.1) is 26.2 Å². The van der Waals surface area contributed by atoms with Gasteiger partial charge in [0, 0.05) is 44.4 Å². The van der Waals surface area contributed by atoms with Gasteiger partial charge >= 0.3 is 5.97 Å². The molecule has 214 valence electrons. The Bertz CT molecular complexity index is 1080. The van der Waals surface area contributed by atoms with Crippen LogP contribution >= 0.6 is 0 Å². The van der Waals surface area contributed by atoms with E-state index in [1.54, 1.807) is 12.1 Å². The first-order chi connectivity index (χ1) is 18.8. The van der Waals surface area contributed by atoms with Crippen molar-refractivity contribution in [2.24, 2.45) is 5.92 Å². The lowest BCUT2D eigenvalue weighted by atomic mass is 9.84. The predicted octanol–water partition coefficient (Wildman–Crippen LogP) is 2.01. The van der Waals surface area contributed by atoms with Crippen LogP contribution in [0.1, 0.15) is 57.4 Å². The molecule has 0 spiro atoms. The second-order valence-corrected chi connectivity index (χ2v) is 9.98. The average molecular weight is 548 g/mol.